The number of nitrogens with zero attached hydrogens (tertiary/aromatic N) is 2. The van der Waals surface area contributed by atoms with Crippen LogP contribution in [0.25, 0.3) is 0 Å². The minimum absolute atomic E-state index is 0.170. The summed E-state index contributed by atoms with van der Waals surface area (Å²) in [7, 11) is 0. The molecule has 4 atom stereocenters. The predicted molar refractivity (Wildman–Crippen MR) is 61.6 cm³/mol. The zero-order valence-corrected chi connectivity index (χ0v) is 10.1. The first-order valence-electron chi connectivity index (χ1n) is 5.80. The summed E-state index contributed by atoms with van der Waals surface area (Å²) in [5.74, 6) is -0.264. The van der Waals surface area contributed by atoms with E-state index in [-0.39, 0.29) is 12.5 Å². The average Bonchev–Trinajstić information content (AvgIpc) is 2.81. The molecule has 1 amide bonds. The monoisotopic (exact) mass is 255 g/mol. The van der Waals surface area contributed by atoms with Gasteiger partial charge in [-0.05, 0) is 6.07 Å². The third-order valence-electron chi connectivity index (χ3n) is 2.95. The summed E-state index contributed by atoms with van der Waals surface area (Å²) in [6, 6.07) is 1.19. The predicted octanol–water partition coefficient (Wildman–Crippen LogP) is -1.49. The average molecular weight is 255 g/mol. The Morgan fingerprint density at radius 3 is 2.94 bits per heavy atom. The van der Waals surface area contributed by atoms with E-state index < -0.39 is 24.4 Å². The highest BCUT2D eigenvalue weighted by Gasteiger charge is 2.38. The van der Waals surface area contributed by atoms with Gasteiger partial charge in [-0.2, -0.15) is 5.10 Å². The second-order valence-electron chi connectivity index (χ2n) is 4.39. The van der Waals surface area contributed by atoms with Crippen LogP contribution in [0.2, 0.25) is 0 Å². The molecule has 1 aliphatic rings. The second-order valence-corrected chi connectivity index (χ2v) is 4.39. The van der Waals surface area contributed by atoms with Gasteiger partial charge < -0.3 is 20.3 Å². The fourth-order valence-corrected chi connectivity index (χ4v) is 2.02. The van der Waals surface area contributed by atoms with Crippen molar-refractivity contribution in [3.05, 3.63) is 18.5 Å². The van der Waals surface area contributed by atoms with E-state index in [4.69, 9.17) is 4.74 Å². The van der Waals surface area contributed by atoms with Gasteiger partial charge in [0, 0.05) is 19.3 Å². The van der Waals surface area contributed by atoms with E-state index >= 15 is 0 Å². The van der Waals surface area contributed by atoms with Gasteiger partial charge in [0.2, 0.25) is 5.91 Å². The Morgan fingerprint density at radius 1 is 1.56 bits per heavy atom. The molecule has 0 saturated carbocycles. The van der Waals surface area contributed by atoms with E-state index in [2.05, 4.69) is 10.4 Å². The summed E-state index contributed by atoms with van der Waals surface area (Å²) in [6.45, 7) is 1.89. The van der Waals surface area contributed by atoms with Gasteiger partial charge >= 0.3 is 0 Å². The minimum Gasteiger partial charge on any atom is -0.388 e. The van der Waals surface area contributed by atoms with Crippen molar-refractivity contribution < 1.29 is 19.7 Å². The van der Waals surface area contributed by atoms with Crippen molar-refractivity contribution in [1.29, 1.82) is 0 Å². The number of carbonyl (C=O) groups excluding carboxylic acids is 1. The highest BCUT2D eigenvalue weighted by atomic mass is 16.5. The van der Waals surface area contributed by atoms with Crippen LogP contribution >= 0.6 is 0 Å². The van der Waals surface area contributed by atoms with E-state index in [1.165, 1.54) is 6.92 Å². The van der Waals surface area contributed by atoms with E-state index in [0.717, 1.165) is 0 Å². The molecule has 100 valence electrons. The summed E-state index contributed by atoms with van der Waals surface area (Å²) >= 11 is 0. The van der Waals surface area contributed by atoms with Crippen molar-refractivity contribution in [2.24, 2.45) is 0 Å². The quantitative estimate of drug-likeness (QED) is 0.611. The van der Waals surface area contributed by atoms with Crippen LogP contribution in [0.5, 0.6) is 0 Å². The minimum atomic E-state index is -1.06. The van der Waals surface area contributed by atoms with Crippen LogP contribution in [0.15, 0.2) is 18.5 Å². The Hall–Kier alpha value is -1.44. The number of carbonyl (C=O) groups is 1. The normalized spacial score (nSPS) is 32.2. The molecule has 2 heterocycles. The topological polar surface area (TPSA) is 96.6 Å². The number of amides is 1. The number of ether oxygens (including phenoxy) is 1. The Kier molecular flexibility index (Phi) is 3.95. The molecular formula is C11H17N3O4. The van der Waals surface area contributed by atoms with Crippen molar-refractivity contribution in [2.45, 2.75) is 37.8 Å². The standard InChI is InChI=1S/C11H17N3O4/c1-7(15)13-8-6-18-9(11(17)10(8)16)5-14-4-2-3-12-14/h2-4,8-11,16-17H,5-6H2,1H3,(H,13,15)/t8-,9+,10+,11-/m0/s1. The number of aliphatic hydroxyl groups is 2. The summed E-state index contributed by atoms with van der Waals surface area (Å²) < 4.78 is 7.09. The molecule has 0 aromatic carbocycles. The van der Waals surface area contributed by atoms with E-state index in [9.17, 15) is 15.0 Å². The summed E-state index contributed by atoms with van der Waals surface area (Å²) in [6.07, 6.45) is 0.751. The molecule has 0 aliphatic carbocycles. The van der Waals surface area contributed by atoms with Gasteiger partial charge in [-0.15, -0.1) is 0 Å². The lowest BCUT2D eigenvalue weighted by Gasteiger charge is -2.37. The van der Waals surface area contributed by atoms with Gasteiger partial charge in [-0.25, -0.2) is 0 Å². The molecule has 1 saturated heterocycles. The molecule has 0 radical (unpaired) electrons. The molecule has 7 nitrogen and oxygen atoms in total. The number of hydrogen-bond donors (Lipinski definition) is 3. The van der Waals surface area contributed by atoms with Crippen LogP contribution in [-0.4, -0.2) is 56.9 Å². The second kappa shape index (κ2) is 5.47. The Morgan fingerprint density at radius 2 is 2.33 bits per heavy atom. The van der Waals surface area contributed by atoms with Crippen LogP contribution in [0.1, 0.15) is 6.92 Å². The lowest BCUT2D eigenvalue weighted by molar-refractivity contribution is -0.158. The molecule has 0 bridgehead atoms. The number of nitrogens with one attached hydrogen (secondary N) is 1. The third-order valence-corrected chi connectivity index (χ3v) is 2.95. The van der Waals surface area contributed by atoms with Gasteiger partial charge in [0.25, 0.3) is 0 Å². The third kappa shape index (κ3) is 2.87. The SMILES string of the molecule is CC(=O)N[C@H]1CO[C@H](Cn2cccn2)[C@H](O)[C@@H]1O. The molecule has 2 rings (SSSR count). The first-order chi connectivity index (χ1) is 8.58. The highest BCUT2D eigenvalue weighted by molar-refractivity contribution is 5.73. The molecule has 1 aromatic heterocycles. The van der Waals surface area contributed by atoms with Gasteiger partial charge in [0.1, 0.15) is 18.3 Å². The molecule has 18 heavy (non-hydrogen) atoms. The fraction of sp³-hybridized carbons (Fsp3) is 0.636. The van der Waals surface area contributed by atoms with E-state index in [1.54, 1.807) is 23.1 Å². The molecule has 0 unspecified atom stereocenters. The van der Waals surface area contributed by atoms with Gasteiger partial charge in [0.05, 0.1) is 19.2 Å². The van der Waals surface area contributed by atoms with E-state index in [0.29, 0.717) is 6.54 Å². The Labute approximate surface area is 104 Å². The summed E-state index contributed by atoms with van der Waals surface area (Å²) in [5, 5.41) is 26.4. The number of rotatable bonds is 3. The van der Waals surface area contributed by atoms with Crippen LogP contribution in [0.3, 0.4) is 0 Å². The van der Waals surface area contributed by atoms with Crippen molar-refractivity contribution in [1.82, 2.24) is 15.1 Å². The molecule has 3 N–H and O–H groups in total. The summed E-state index contributed by atoms with van der Waals surface area (Å²) in [4.78, 5) is 10.9. The smallest absolute Gasteiger partial charge is 0.217 e. The van der Waals surface area contributed by atoms with Crippen molar-refractivity contribution in [3.8, 4) is 0 Å². The maximum atomic E-state index is 10.9. The number of aliphatic hydroxyl groups excluding tert-OH is 2. The highest BCUT2D eigenvalue weighted by Crippen LogP contribution is 2.17. The van der Waals surface area contributed by atoms with Crippen LogP contribution in [0.4, 0.5) is 0 Å². The maximum Gasteiger partial charge on any atom is 0.217 e. The van der Waals surface area contributed by atoms with Gasteiger partial charge in [-0.3, -0.25) is 9.48 Å². The molecule has 0 spiro atoms. The lowest BCUT2D eigenvalue weighted by atomic mass is 9.98. The fourth-order valence-electron chi connectivity index (χ4n) is 2.02. The number of hydrogen-bond acceptors (Lipinski definition) is 5. The largest absolute Gasteiger partial charge is 0.388 e. The number of aromatic nitrogens is 2. The van der Waals surface area contributed by atoms with Crippen LogP contribution in [-0.2, 0) is 16.1 Å². The lowest BCUT2D eigenvalue weighted by Crippen LogP contribution is -2.59. The Bertz CT molecular complexity index is 395. The van der Waals surface area contributed by atoms with Crippen molar-refractivity contribution >= 4 is 5.91 Å². The van der Waals surface area contributed by atoms with Gasteiger partial charge in [0.15, 0.2) is 0 Å². The molecule has 1 aromatic rings. The van der Waals surface area contributed by atoms with Gasteiger partial charge in [-0.1, -0.05) is 0 Å². The molecular weight excluding hydrogens is 238 g/mol. The summed E-state index contributed by atoms with van der Waals surface area (Å²) in [5.41, 5.74) is 0. The van der Waals surface area contributed by atoms with E-state index in [1.807, 2.05) is 0 Å². The van der Waals surface area contributed by atoms with Crippen molar-refractivity contribution in [3.63, 3.8) is 0 Å². The first kappa shape index (κ1) is 13.0. The first-order valence-corrected chi connectivity index (χ1v) is 5.80. The Balaban J connectivity index is 1.95. The van der Waals surface area contributed by atoms with Crippen LogP contribution in [0, 0.1) is 0 Å². The zero-order valence-electron chi connectivity index (χ0n) is 10.1. The molecule has 7 heteroatoms. The molecule has 1 aliphatic heterocycles. The van der Waals surface area contributed by atoms with Crippen LogP contribution < -0.4 is 5.32 Å². The molecule has 1 fully saturated rings. The zero-order chi connectivity index (χ0) is 13.1. The van der Waals surface area contributed by atoms with Crippen molar-refractivity contribution in [2.75, 3.05) is 6.61 Å². The maximum absolute atomic E-state index is 10.9.